The van der Waals surface area contributed by atoms with Crippen molar-refractivity contribution in [2.45, 2.75) is 24.8 Å². The molecule has 0 radical (unpaired) electrons. The van der Waals surface area contributed by atoms with Gasteiger partial charge >= 0.3 is 0 Å². The van der Waals surface area contributed by atoms with Crippen molar-refractivity contribution in [3.8, 4) is 17.2 Å². The van der Waals surface area contributed by atoms with Gasteiger partial charge in [0.1, 0.15) is 23.8 Å². The Hall–Kier alpha value is -3.72. The predicted molar refractivity (Wildman–Crippen MR) is 131 cm³/mol. The van der Waals surface area contributed by atoms with Crippen molar-refractivity contribution in [2.75, 3.05) is 30.4 Å². The van der Waals surface area contributed by atoms with Gasteiger partial charge in [0, 0.05) is 11.8 Å². The average molecular weight is 485 g/mol. The molecule has 0 spiro atoms. The van der Waals surface area contributed by atoms with Crippen LogP contribution in [0.1, 0.15) is 13.8 Å². The van der Waals surface area contributed by atoms with E-state index in [1.807, 2.05) is 13.8 Å². The molecular weight excluding hydrogens is 456 g/mol. The molecule has 3 aromatic carbocycles. The largest absolute Gasteiger partial charge is 0.497 e. The Morgan fingerprint density at radius 1 is 0.912 bits per heavy atom. The van der Waals surface area contributed by atoms with Gasteiger partial charge in [0.05, 0.1) is 30.9 Å². The lowest BCUT2D eigenvalue weighted by atomic mass is 10.2. The fourth-order valence-electron chi connectivity index (χ4n) is 3.23. The van der Waals surface area contributed by atoms with Crippen LogP contribution in [0.5, 0.6) is 17.2 Å². The first-order chi connectivity index (χ1) is 16.2. The Balaban J connectivity index is 1.94. The number of anilines is 2. The number of methoxy groups -OCH3 is 2. The van der Waals surface area contributed by atoms with Crippen LogP contribution in [0, 0.1) is 0 Å². The van der Waals surface area contributed by atoms with Gasteiger partial charge in [0.2, 0.25) is 5.91 Å². The van der Waals surface area contributed by atoms with Gasteiger partial charge in [-0.25, -0.2) is 8.42 Å². The topological polar surface area (TPSA) is 94.2 Å². The molecule has 0 heterocycles. The van der Waals surface area contributed by atoms with Crippen molar-refractivity contribution in [3.05, 3.63) is 72.8 Å². The summed E-state index contributed by atoms with van der Waals surface area (Å²) in [5, 5.41) is 2.74. The van der Waals surface area contributed by atoms with E-state index in [9.17, 15) is 13.2 Å². The third kappa shape index (κ3) is 5.99. The second-order valence-electron chi connectivity index (χ2n) is 7.60. The number of ether oxygens (including phenoxy) is 3. The monoisotopic (exact) mass is 484 g/mol. The summed E-state index contributed by atoms with van der Waals surface area (Å²) in [7, 11) is -1.20. The first-order valence-electron chi connectivity index (χ1n) is 10.6. The van der Waals surface area contributed by atoms with E-state index >= 15 is 0 Å². The van der Waals surface area contributed by atoms with Crippen LogP contribution in [0.2, 0.25) is 0 Å². The van der Waals surface area contributed by atoms with E-state index in [1.54, 1.807) is 54.6 Å². The van der Waals surface area contributed by atoms with Crippen molar-refractivity contribution < 1.29 is 27.4 Å². The molecule has 0 aliphatic heterocycles. The Labute approximate surface area is 200 Å². The summed E-state index contributed by atoms with van der Waals surface area (Å²) in [5.74, 6) is 0.845. The van der Waals surface area contributed by atoms with Crippen molar-refractivity contribution in [1.82, 2.24) is 0 Å². The molecule has 0 saturated heterocycles. The van der Waals surface area contributed by atoms with E-state index in [0.717, 1.165) is 4.31 Å². The molecule has 0 aliphatic rings. The summed E-state index contributed by atoms with van der Waals surface area (Å²) < 4.78 is 44.4. The minimum Gasteiger partial charge on any atom is -0.497 e. The van der Waals surface area contributed by atoms with Crippen LogP contribution >= 0.6 is 0 Å². The highest BCUT2D eigenvalue weighted by atomic mass is 32.2. The van der Waals surface area contributed by atoms with E-state index in [0.29, 0.717) is 17.2 Å². The molecule has 0 aliphatic carbocycles. The Bertz CT molecular complexity index is 1210. The van der Waals surface area contributed by atoms with Crippen LogP contribution < -0.4 is 23.8 Å². The fraction of sp³-hybridized carbons (Fsp3) is 0.240. The number of nitrogens with one attached hydrogen (secondary N) is 1. The Kier molecular flexibility index (Phi) is 8.01. The van der Waals surface area contributed by atoms with E-state index < -0.39 is 22.5 Å². The van der Waals surface area contributed by atoms with Gasteiger partial charge in [0.15, 0.2) is 0 Å². The molecule has 0 bridgehead atoms. The number of nitrogens with zero attached hydrogens (tertiary/aromatic N) is 1. The molecule has 34 heavy (non-hydrogen) atoms. The zero-order chi connectivity index (χ0) is 24.7. The third-order valence-electron chi connectivity index (χ3n) is 4.78. The molecule has 3 aromatic rings. The molecule has 0 saturated carbocycles. The van der Waals surface area contributed by atoms with Crippen LogP contribution in [0.3, 0.4) is 0 Å². The normalized spacial score (nSPS) is 11.1. The van der Waals surface area contributed by atoms with E-state index in [4.69, 9.17) is 14.2 Å². The predicted octanol–water partition coefficient (Wildman–Crippen LogP) is 4.33. The second kappa shape index (κ2) is 10.9. The molecule has 0 unspecified atom stereocenters. The van der Waals surface area contributed by atoms with Gasteiger partial charge in [-0.2, -0.15) is 0 Å². The minimum atomic E-state index is -4.10. The summed E-state index contributed by atoms with van der Waals surface area (Å²) in [6.45, 7) is 3.36. The second-order valence-corrected chi connectivity index (χ2v) is 9.46. The summed E-state index contributed by atoms with van der Waals surface area (Å²) in [5.41, 5.74) is 0.692. The lowest BCUT2D eigenvalue weighted by Crippen LogP contribution is -2.38. The Morgan fingerprint density at radius 3 is 2.15 bits per heavy atom. The molecule has 180 valence electrons. The molecule has 3 rings (SSSR count). The van der Waals surface area contributed by atoms with E-state index in [-0.39, 0.29) is 22.4 Å². The van der Waals surface area contributed by atoms with Crippen molar-refractivity contribution in [1.29, 1.82) is 0 Å². The van der Waals surface area contributed by atoms with Crippen molar-refractivity contribution >= 4 is 27.3 Å². The standard InChI is InChI=1S/C25H28N2O6S/c1-18(2)33-20-12-10-19(11-13-20)26-25(28)17-27(34(29,30)22-8-6-5-7-9-22)23-16-21(31-3)14-15-24(23)32-4/h5-16,18H,17H2,1-4H3,(H,26,28). The highest BCUT2D eigenvalue weighted by Crippen LogP contribution is 2.35. The van der Waals surface area contributed by atoms with E-state index in [2.05, 4.69) is 5.32 Å². The maximum Gasteiger partial charge on any atom is 0.264 e. The molecule has 8 nitrogen and oxygen atoms in total. The van der Waals surface area contributed by atoms with Crippen molar-refractivity contribution in [2.24, 2.45) is 0 Å². The number of hydrogen-bond donors (Lipinski definition) is 1. The van der Waals surface area contributed by atoms with Crippen LogP contribution in [0.4, 0.5) is 11.4 Å². The first kappa shape index (κ1) is 24.9. The maximum absolute atomic E-state index is 13.6. The molecular formula is C25H28N2O6S. The molecule has 1 amide bonds. The highest BCUT2D eigenvalue weighted by molar-refractivity contribution is 7.92. The van der Waals surface area contributed by atoms with Gasteiger partial charge in [-0.1, -0.05) is 18.2 Å². The zero-order valence-corrected chi connectivity index (χ0v) is 20.3. The molecule has 0 aromatic heterocycles. The van der Waals surface area contributed by atoms with Crippen LogP contribution in [-0.4, -0.2) is 41.2 Å². The molecule has 0 fully saturated rings. The summed E-state index contributed by atoms with van der Waals surface area (Å²) >= 11 is 0. The SMILES string of the molecule is COc1ccc(OC)c(N(CC(=O)Nc2ccc(OC(C)C)cc2)S(=O)(=O)c2ccccc2)c1. The number of carbonyl (C=O) groups excluding carboxylic acids is 1. The number of amides is 1. The lowest BCUT2D eigenvalue weighted by Gasteiger charge is -2.26. The van der Waals surface area contributed by atoms with Gasteiger partial charge in [0.25, 0.3) is 10.0 Å². The quantitative estimate of drug-likeness (QED) is 0.461. The molecule has 9 heteroatoms. The summed E-state index contributed by atoms with van der Waals surface area (Å²) in [4.78, 5) is 13.0. The number of hydrogen-bond acceptors (Lipinski definition) is 6. The van der Waals surface area contributed by atoms with Crippen LogP contribution in [0.25, 0.3) is 0 Å². The van der Waals surface area contributed by atoms with Crippen molar-refractivity contribution in [3.63, 3.8) is 0 Å². The smallest absolute Gasteiger partial charge is 0.264 e. The van der Waals surface area contributed by atoms with Gasteiger partial charge < -0.3 is 19.5 Å². The third-order valence-corrected chi connectivity index (χ3v) is 6.56. The van der Waals surface area contributed by atoms with Crippen LogP contribution in [-0.2, 0) is 14.8 Å². The number of benzene rings is 3. The average Bonchev–Trinajstić information content (AvgIpc) is 2.83. The molecule has 0 atom stereocenters. The summed E-state index contributed by atoms with van der Waals surface area (Å²) in [6, 6.07) is 19.5. The fourth-order valence-corrected chi connectivity index (χ4v) is 4.68. The number of rotatable bonds is 10. The minimum absolute atomic E-state index is 0.0232. The first-order valence-corrected chi connectivity index (χ1v) is 12.0. The van der Waals surface area contributed by atoms with Gasteiger partial charge in [-0.05, 0) is 62.4 Å². The van der Waals surface area contributed by atoms with E-state index in [1.165, 1.54) is 32.4 Å². The maximum atomic E-state index is 13.6. The Morgan fingerprint density at radius 2 is 1.56 bits per heavy atom. The van der Waals surface area contributed by atoms with Gasteiger partial charge in [-0.15, -0.1) is 0 Å². The van der Waals surface area contributed by atoms with Crippen LogP contribution in [0.15, 0.2) is 77.7 Å². The zero-order valence-electron chi connectivity index (χ0n) is 19.5. The number of sulfonamides is 1. The molecule has 1 N–H and O–H groups in total. The lowest BCUT2D eigenvalue weighted by molar-refractivity contribution is -0.114. The number of carbonyl (C=O) groups is 1. The highest BCUT2D eigenvalue weighted by Gasteiger charge is 2.30. The summed E-state index contributed by atoms with van der Waals surface area (Å²) in [6.07, 6.45) is 0.0232. The van der Waals surface area contributed by atoms with Gasteiger partial charge in [-0.3, -0.25) is 9.10 Å².